The first kappa shape index (κ1) is 19.4. The van der Waals surface area contributed by atoms with Gasteiger partial charge in [0.15, 0.2) is 17.5 Å². The van der Waals surface area contributed by atoms with Gasteiger partial charge in [0.1, 0.15) is 0 Å². The van der Waals surface area contributed by atoms with E-state index in [1.165, 1.54) is 10.5 Å². The van der Waals surface area contributed by atoms with Crippen LogP contribution >= 0.6 is 0 Å². The molecule has 3 rings (SSSR count). The van der Waals surface area contributed by atoms with Crippen molar-refractivity contribution in [2.45, 2.75) is 32.4 Å². The van der Waals surface area contributed by atoms with Gasteiger partial charge >= 0.3 is 0 Å². The summed E-state index contributed by atoms with van der Waals surface area (Å²) in [6.45, 7) is 5.71. The highest BCUT2D eigenvalue weighted by molar-refractivity contribution is 5.94. The molecule has 1 amide bonds. The number of hydrogen-bond donors (Lipinski definition) is 0. The maximum absolute atomic E-state index is 14.0. The van der Waals surface area contributed by atoms with Crippen LogP contribution in [0.25, 0.3) is 0 Å². The average Bonchev–Trinajstić information content (AvgIpc) is 2.66. The second-order valence-electron chi connectivity index (χ2n) is 7.10. The quantitative estimate of drug-likeness (QED) is 0.756. The van der Waals surface area contributed by atoms with Gasteiger partial charge < -0.3 is 4.90 Å². The molecule has 1 aliphatic heterocycles. The topological polar surface area (TPSA) is 23.6 Å². The van der Waals surface area contributed by atoms with Crippen LogP contribution in [0.5, 0.6) is 0 Å². The number of carbonyl (C=O) groups excluding carboxylic acids is 1. The smallest absolute Gasteiger partial charge is 0.257 e. The minimum atomic E-state index is -1.61. The number of amides is 1. The van der Waals surface area contributed by atoms with Crippen LogP contribution in [0.3, 0.4) is 0 Å². The number of piperazine rings is 1. The Kier molecular flexibility index (Phi) is 5.85. The van der Waals surface area contributed by atoms with E-state index in [0.717, 1.165) is 25.1 Å². The lowest BCUT2D eigenvalue weighted by Gasteiger charge is -2.44. The molecule has 2 atom stereocenters. The van der Waals surface area contributed by atoms with E-state index in [1.807, 2.05) is 32.0 Å². The van der Waals surface area contributed by atoms with Gasteiger partial charge in [0.2, 0.25) is 0 Å². The highest BCUT2D eigenvalue weighted by Crippen LogP contribution is 2.21. The molecule has 3 nitrogen and oxygen atoms in total. The summed E-state index contributed by atoms with van der Waals surface area (Å²) in [5.41, 5.74) is 0.824. The van der Waals surface area contributed by atoms with Gasteiger partial charge in [-0.1, -0.05) is 30.3 Å². The number of rotatable bonds is 4. The summed E-state index contributed by atoms with van der Waals surface area (Å²) in [6.07, 6.45) is 0.904. The maximum atomic E-state index is 14.0. The van der Waals surface area contributed by atoms with E-state index >= 15 is 0 Å². The molecule has 0 aromatic heterocycles. The Hall–Kier alpha value is -2.34. The number of benzene rings is 2. The van der Waals surface area contributed by atoms with Crippen molar-refractivity contribution in [2.75, 3.05) is 19.6 Å². The SMILES string of the molecule is CC1CN(C(=O)c2ccc(F)c(F)c2F)CC(C)N1CCc1ccccc1. The molecule has 27 heavy (non-hydrogen) atoms. The first-order valence-corrected chi connectivity index (χ1v) is 9.11. The molecule has 0 N–H and O–H groups in total. The van der Waals surface area contributed by atoms with E-state index in [4.69, 9.17) is 0 Å². The summed E-state index contributed by atoms with van der Waals surface area (Å²) < 4.78 is 40.6. The lowest BCUT2D eigenvalue weighted by Crippen LogP contribution is -2.58. The Morgan fingerprint density at radius 2 is 1.59 bits per heavy atom. The van der Waals surface area contributed by atoms with Crippen LogP contribution in [0.1, 0.15) is 29.8 Å². The summed E-state index contributed by atoms with van der Waals surface area (Å²) in [6, 6.07) is 12.1. The Balaban J connectivity index is 1.67. The van der Waals surface area contributed by atoms with Gasteiger partial charge in [0, 0.05) is 31.7 Å². The third kappa shape index (κ3) is 4.16. The van der Waals surface area contributed by atoms with Crippen molar-refractivity contribution in [2.24, 2.45) is 0 Å². The lowest BCUT2D eigenvalue weighted by molar-refractivity contribution is 0.0307. The molecule has 1 fully saturated rings. The molecule has 1 heterocycles. The summed E-state index contributed by atoms with van der Waals surface area (Å²) in [5, 5.41) is 0. The van der Waals surface area contributed by atoms with Crippen LogP contribution in [0.4, 0.5) is 13.2 Å². The summed E-state index contributed by atoms with van der Waals surface area (Å²) in [7, 11) is 0. The van der Waals surface area contributed by atoms with E-state index in [-0.39, 0.29) is 12.1 Å². The molecule has 1 saturated heterocycles. The van der Waals surface area contributed by atoms with Crippen molar-refractivity contribution in [1.82, 2.24) is 9.80 Å². The third-order valence-electron chi connectivity index (χ3n) is 5.16. The molecule has 0 radical (unpaired) electrons. The fourth-order valence-electron chi connectivity index (χ4n) is 3.73. The molecule has 2 unspecified atom stereocenters. The van der Waals surface area contributed by atoms with Crippen LogP contribution < -0.4 is 0 Å². The van der Waals surface area contributed by atoms with Gasteiger partial charge in [-0.05, 0) is 38.0 Å². The minimum Gasteiger partial charge on any atom is -0.335 e. The van der Waals surface area contributed by atoms with E-state index in [1.54, 1.807) is 0 Å². The van der Waals surface area contributed by atoms with Crippen molar-refractivity contribution < 1.29 is 18.0 Å². The summed E-state index contributed by atoms with van der Waals surface area (Å²) >= 11 is 0. The van der Waals surface area contributed by atoms with Crippen molar-refractivity contribution in [3.05, 3.63) is 71.0 Å². The molecular weight excluding hydrogens is 353 g/mol. The Morgan fingerprint density at radius 1 is 0.963 bits per heavy atom. The Morgan fingerprint density at radius 3 is 2.22 bits per heavy atom. The molecule has 0 aliphatic carbocycles. The first-order valence-electron chi connectivity index (χ1n) is 9.11. The molecule has 1 aliphatic rings. The summed E-state index contributed by atoms with van der Waals surface area (Å²) in [5.74, 6) is -4.93. The molecule has 2 aromatic rings. The number of halogens is 3. The average molecular weight is 376 g/mol. The minimum absolute atomic E-state index is 0.0785. The molecule has 6 heteroatoms. The Labute approximate surface area is 157 Å². The zero-order chi connectivity index (χ0) is 19.6. The monoisotopic (exact) mass is 376 g/mol. The van der Waals surface area contributed by atoms with Gasteiger partial charge in [0.25, 0.3) is 5.91 Å². The zero-order valence-corrected chi connectivity index (χ0v) is 15.5. The van der Waals surface area contributed by atoms with Crippen molar-refractivity contribution in [1.29, 1.82) is 0 Å². The van der Waals surface area contributed by atoms with Crippen molar-refractivity contribution in [3.8, 4) is 0 Å². The van der Waals surface area contributed by atoms with Crippen molar-refractivity contribution >= 4 is 5.91 Å². The van der Waals surface area contributed by atoms with Crippen LogP contribution in [-0.4, -0.2) is 47.4 Å². The van der Waals surface area contributed by atoms with E-state index in [2.05, 4.69) is 17.0 Å². The normalized spacial score (nSPS) is 20.7. The maximum Gasteiger partial charge on any atom is 0.257 e. The lowest BCUT2D eigenvalue weighted by atomic mass is 10.0. The fourth-order valence-corrected chi connectivity index (χ4v) is 3.73. The van der Waals surface area contributed by atoms with Crippen LogP contribution in [-0.2, 0) is 6.42 Å². The number of carbonyl (C=O) groups is 1. The Bertz CT molecular complexity index is 801. The highest BCUT2D eigenvalue weighted by atomic mass is 19.2. The standard InChI is InChI=1S/C21H23F3N2O/c1-14-12-25(21(27)17-8-9-18(22)20(24)19(17)23)13-15(2)26(14)11-10-16-6-4-3-5-7-16/h3-9,14-15H,10-13H2,1-2H3. The van der Waals surface area contributed by atoms with E-state index in [9.17, 15) is 18.0 Å². The number of nitrogens with zero attached hydrogens (tertiary/aromatic N) is 2. The van der Waals surface area contributed by atoms with E-state index in [0.29, 0.717) is 13.1 Å². The molecule has 144 valence electrons. The second kappa shape index (κ2) is 8.13. The summed E-state index contributed by atoms with van der Waals surface area (Å²) in [4.78, 5) is 16.5. The van der Waals surface area contributed by atoms with Gasteiger partial charge in [0.05, 0.1) is 5.56 Å². The molecule has 0 bridgehead atoms. The fraction of sp³-hybridized carbons (Fsp3) is 0.381. The zero-order valence-electron chi connectivity index (χ0n) is 15.5. The number of hydrogen-bond acceptors (Lipinski definition) is 2. The predicted molar refractivity (Wildman–Crippen MR) is 98.0 cm³/mol. The third-order valence-corrected chi connectivity index (χ3v) is 5.16. The van der Waals surface area contributed by atoms with Gasteiger partial charge in [-0.3, -0.25) is 9.69 Å². The van der Waals surface area contributed by atoms with Crippen LogP contribution in [0, 0.1) is 17.5 Å². The molecular formula is C21H23F3N2O. The largest absolute Gasteiger partial charge is 0.335 e. The van der Waals surface area contributed by atoms with Gasteiger partial charge in [-0.15, -0.1) is 0 Å². The highest BCUT2D eigenvalue weighted by Gasteiger charge is 2.33. The first-order chi connectivity index (χ1) is 12.9. The second-order valence-corrected chi connectivity index (χ2v) is 7.10. The molecule has 0 spiro atoms. The molecule has 0 saturated carbocycles. The molecule has 2 aromatic carbocycles. The predicted octanol–water partition coefficient (Wildman–Crippen LogP) is 3.88. The van der Waals surface area contributed by atoms with Gasteiger partial charge in [-0.25, -0.2) is 13.2 Å². The van der Waals surface area contributed by atoms with E-state index < -0.39 is 28.9 Å². The van der Waals surface area contributed by atoms with Crippen LogP contribution in [0.2, 0.25) is 0 Å². The van der Waals surface area contributed by atoms with Crippen molar-refractivity contribution in [3.63, 3.8) is 0 Å². The van der Waals surface area contributed by atoms with Crippen LogP contribution in [0.15, 0.2) is 42.5 Å². The van der Waals surface area contributed by atoms with Gasteiger partial charge in [-0.2, -0.15) is 0 Å².